The third-order valence-corrected chi connectivity index (χ3v) is 5.11. The Hall–Kier alpha value is -3.02. The number of amides is 1. The normalized spacial score (nSPS) is 17.3. The van der Waals surface area contributed by atoms with Crippen molar-refractivity contribution in [1.29, 1.82) is 0 Å². The number of hydrogen-bond donors (Lipinski definition) is 0. The van der Waals surface area contributed by atoms with Crippen molar-refractivity contribution in [3.63, 3.8) is 0 Å². The van der Waals surface area contributed by atoms with E-state index in [1.165, 1.54) is 11.3 Å². The van der Waals surface area contributed by atoms with Crippen molar-refractivity contribution in [2.75, 3.05) is 24.5 Å². The van der Waals surface area contributed by atoms with Gasteiger partial charge in [-0.3, -0.25) is 4.79 Å². The standard InChI is InChI=1S/C21H24N4O2/c1-16-5-3-4-6-19(16)24-11-12-25(17(2)13-24)21(26)20-8-7-18(27-20)14-23-10-9-22-15-23/h3-10,15,17H,11-14H2,1-2H3/t17-/m1/s1. The maximum atomic E-state index is 12.9. The molecule has 1 aromatic carbocycles. The SMILES string of the molecule is Cc1ccccc1N1CCN(C(=O)c2ccc(Cn3ccnc3)o2)[C@H](C)C1. The molecule has 1 atom stereocenters. The van der Waals surface area contributed by atoms with Crippen molar-refractivity contribution in [3.05, 3.63) is 72.2 Å². The molecule has 6 nitrogen and oxygen atoms in total. The van der Waals surface area contributed by atoms with E-state index in [-0.39, 0.29) is 11.9 Å². The average molecular weight is 364 g/mol. The molecule has 0 unspecified atom stereocenters. The molecule has 1 aliphatic rings. The first kappa shape index (κ1) is 17.4. The van der Waals surface area contributed by atoms with Gasteiger partial charge < -0.3 is 18.8 Å². The minimum Gasteiger partial charge on any atom is -0.454 e. The van der Waals surface area contributed by atoms with Gasteiger partial charge in [0.05, 0.1) is 12.9 Å². The van der Waals surface area contributed by atoms with Crippen LogP contribution in [0.5, 0.6) is 0 Å². The summed E-state index contributed by atoms with van der Waals surface area (Å²) in [5.74, 6) is 1.12. The van der Waals surface area contributed by atoms with Crippen molar-refractivity contribution < 1.29 is 9.21 Å². The Balaban J connectivity index is 1.43. The Morgan fingerprint density at radius 3 is 2.81 bits per heavy atom. The minimum absolute atomic E-state index is 0.0381. The van der Waals surface area contributed by atoms with Crippen molar-refractivity contribution >= 4 is 11.6 Å². The number of piperazine rings is 1. The first-order valence-electron chi connectivity index (χ1n) is 9.28. The summed E-state index contributed by atoms with van der Waals surface area (Å²) in [4.78, 5) is 21.2. The van der Waals surface area contributed by atoms with Gasteiger partial charge in [0.25, 0.3) is 5.91 Å². The topological polar surface area (TPSA) is 54.5 Å². The lowest BCUT2D eigenvalue weighted by molar-refractivity contribution is 0.0639. The number of benzene rings is 1. The second kappa shape index (κ2) is 7.31. The van der Waals surface area contributed by atoms with Gasteiger partial charge in [-0.2, -0.15) is 0 Å². The Morgan fingerprint density at radius 2 is 2.07 bits per heavy atom. The lowest BCUT2D eigenvalue weighted by Crippen LogP contribution is -2.54. The van der Waals surface area contributed by atoms with Crippen LogP contribution in [0.1, 0.15) is 28.8 Å². The largest absolute Gasteiger partial charge is 0.454 e. The lowest BCUT2D eigenvalue weighted by atomic mass is 10.1. The van der Waals surface area contributed by atoms with Crippen LogP contribution >= 0.6 is 0 Å². The molecular formula is C21H24N4O2. The number of aryl methyl sites for hydroxylation is 1. The summed E-state index contributed by atoms with van der Waals surface area (Å²) < 4.78 is 7.71. The van der Waals surface area contributed by atoms with Crippen LogP contribution in [0, 0.1) is 6.92 Å². The number of imidazole rings is 1. The number of nitrogens with zero attached hydrogens (tertiary/aromatic N) is 4. The summed E-state index contributed by atoms with van der Waals surface area (Å²) in [5, 5.41) is 0. The zero-order chi connectivity index (χ0) is 18.8. The van der Waals surface area contributed by atoms with Crippen LogP contribution in [0.15, 0.2) is 59.5 Å². The number of rotatable bonds is 4. The second-order valence-corrected chi connectivity index (χ2v) is 7.08. The van der Waals surface area contributed by atoms with Crippen molar-refractivity contribution in [2.45, 2.75) is 26.4 Å². The highest BCUT2D eigenvalue weighted by Gasteiger charge is 2.30. The van der Waals surface area contributed by atoms with Crippen LogP contribution in [0.3, 0.4) is 0 Å². The molecule has 4 rings (SSSR count). The van der Waals surface area contributed by atoms with Gasteiger partial charge in [-0.05, 0) is 37.6 Å². The Morgan fingerprint density at radius 1 is 1.22 bits per heavy atom. The predicted octanol–water partition coefficient (Wildman–Crippen LogP) is 3.18. The van der Waals surface area contributed by atoms with E-state index >= 15 is 0 Å². The van der Waals surface area contributed by atoms with E-state index in [2.05, 4.69) is 48.0 Å². The molecule has 3 heterocycles. The maximum absolute atomic E-state index is 12.9. The third kappa shape index (κ3) is 3.60. The van der Waals surface area contributed by atoms with Gasteiger partial charge in [0.1, 0.15) is 5.76 Å². The summed E-state index contributed by atoms with van der Waals surface area (Å²) in [7, 11) is 0. The summed E-state index contributed by atoms with van der Waals surface area (Å²) in [6.45, 7) is 7.12. The quantitative estimate of drug-likeness (QED) is 0.713. The highest BCUT2D eigenvalue weighted by atomic mass is 16.4. The number of carbonyl (C=O) groups excluding carboxylic acids is 1. The van der Waals surface area contributed by atoms with Crippen LogP contribution in [0.4, 0.5) is 5.69 Å². The molecule has 0 N–H and O–H groups in total. The zero-order valence-corrected chi connectivity index (χ0v) is 15.7. The smallest absolute Gasteiger partial charge is 0.289 e. The minimum atomic E-state index is -0.0381. The highest BCUT2D eigenvalue weighted by Crippen LogP contribution is 2.24. The summed E-state index contributed by atoms with van der Waals surface area (Å²) in [5.41, 5.74) is 2.51. The number of carbonyl (C=O) groups is 1. The van der Waals surface area contributed by atoms with Crippen LogP contribution in [0.2, 0.25) is 0 Å². The van der Waals surface area contributed by atoms with Crippen LogP contribution < -0.4 is 4.90 Å². The molecule has 0 saturated carbocycles. The fourth-order valence-corrected chi connectivity index (χ4v) is 3.68. The first-order valence-corrected chi connectivity index (χ1v) is 9.28. The molecule has 3 aromatic rings. The molecule has 140 valence electrons. The van der Waals surface area contributed by atoms with E-state index in [0.29, 0.717) is 18.8 Å². The fourth-order valence-electron chi connectivity index (χ4n) is 3.68. The van der Waals surface area contributed by atoms with Gasteiger partial charge in [0.2, 0.25) is 0 Å². The molecule has 27 heavy (non-hydrogen) atoms. The molecule has 0 aliphatic carbocycles. The molecule has 2 aromatic heterocycles. The van der Waals surface area contributed by atoms with Crippen LogP contribution in [0.25, 0.3) is 0 Å². The van der Waals surface area contributed by atoms with Crippen molar-refractivity contribution in [2.24, 2.45) is 0 Å². The molecule has 1 aliphatic heterocycles. The molecule has 1 saturated heterocycles. The number of para-hydroxylation sites is 1. The summed E-state index contributed by atoms with van der Waals surface area (Å²) in [6, 6.07) is 12.1. The van der Waals surface area contributed by atoms with Crippen LogP contribution in [-0.4, -0.2) is 46.0 Å². The highest BCUT2D eigenvalue weighted by molar-refractivity contribution is 5.92. The number of furan rings is 1. The summed E-state index contributed by atoms with van der Waals surface area (Å²) in [6.07, 6.45) is 5.33. The maximum Gasteiger partial charge on any atom is 0.289 e. The fraction of sp³-hybridized carbons (Fsp3) is 0.333. The molecular weight excluding hydrogens is 340 g/mol. The molecule has 1 amide bonds. The molecule has 0 spiro atoms. The Labute approximate surface area is 159 Å². The molecule has 0 radical (unpaired) electrons. The molecule has 1 fully saturated rings. The van der Waals surface area contributed by atoms with E-state index in [4.69, 9.17) is 4.42 Å². The van der Waals surface area contributed by atoms with Crippen LogP contribution in [-0.2, 0) is 6.54 Å². The van der Waals surface area contributed by atoms with E-state index < -0.39 is 0 Å². The van der Waals surface area contributed by atoms with E-state index in [1.807, 2.05) is 21.7 Å². The lowest BCUT2D eigenvalue weighted by Gasteiger charge is -2.41. The Kier molecular flexibility index (Phi) is 4.71. The summed E-state index contributed by atoms with van der Waals surface area (Å²) >= 11 is 0. The number of anilines is 1. The Bertz CT molecular complexity index is 916. The van der Waals surface area contributed by atoms with Gasteiger partial charge in [0.15, 0.2) is 5.76 Å². The zero-order valence-electron chi connectivity index (χ0n) is 15.7. The number of aromatic nitrogens is 2. The first-order chi connectivity index (χ1) is 13.1. The van der Waals surface area contributed by atoms with E-state index in [0.717, 1.165) is 18.8 Å². The second-order valence-electron chi connectivity index (χ2n) is 7.08. The third-order valence-electron chi connectivity index (χ3n) is 5.11. The van der Waals surface area contributed by atoms with Gasteiger partial charge in [-0.1, -0.05) is 18.2 Å². The van der Waals surface area contributed by atoms with Gasteiger partial charge in [0, 0.05) is 43.8 Å². The molecule has 0 bridgehead atoms. The predicted molar refractivity (Wildman–Crippen MR) is 104 cm³/mol. The van der Waals surface area contributed by atoms with Gasteiger partial charge in [-0.25, -0.2) is 4.98 Å². The van der Waals surface area contributed by atoms with E-state index in [9.17, 15) is 4.79 Å². The monoisotopic (exact) mass is 364 g/mol. The van der Waals surface area contributed by atoms with Gasteiger partial charge >= 0.3 is 0 Å². The number of hydrogen-bond acceptors (Lipinski definition) is 4. The van der Waals surface area contributed by atoms with Crippen molar-refractivity contribution in [3.8, 4) is 0 Å². The van der Waals surface area contributed by atoms with E-state index in [1.54, 1.807) is 18.6 Å². The van der Waals surface area contributed by atoms with Gasteiger partial charge in [-0.15, -0.1) is 0 Å². The van der Waals surface area contributed by atoms with Crippen molar-refractivity contribution in [1.82, 2.24) is 14.5 Å². The molecule has 6 heteroatoms. The average Bonchev–Trinajstić information content (AvgIpc) is 3.34.